The van der Waals surface area contributed by atoms with E-state index in [9.17, 15) is 0 Å². The topological polar surface area (TPSA) is 48.5 Å². The fraction of sp³-hybridized carbons (Fsp3) is 0. The average Bonchev–Trinajstić information content (AvgIpc) is 3.95. The van der Waals surface area contributed by atoms with Crippen molar-refractivity contribution in [3.63, 3.8) is 0 Å². The number of rotatable bonds is 8. The molecular weight excluding hydrogens is 827 g/mol. The Hall–Kier alpha value is -9.19. The lowest BCUT2D eigenvalue weighted by molar-refractivity contribution is 0.955. The minimum Gasteiger partial charge on any atom is -0.309 e. The molecule has 5 heteroatoms. The SMILES string of the molecule is c1ccc(-c2cccc(-c3ccc(-c4nc(-c5cccc(-c6ccccc6)c5)nc(-n5c6ccccc6c6ccc7c(c8ccccc8n7-c7ccccc7-c7ccccc7)c65)n4)cc3)c2)cc1. The van der Waals surface area contributed by atoms with E-state index in [1.807, 2.05) is 6.07 Å². The smallest absolute Gasteiger partial charge is 0.238 e. The van der Waals surface area contributed by atoms with E-state index >= 15 is 0 Å². The van der Waals surface area contributed by atoms with Gasteiger partial charge in [-0.3, -0.25) is 4.57 Å². The Balaban J connectivity index is 1.05. The van der Waals surface area contributed by atoms with Crippen LogP contribution in [-0.2, 0) is 0 Å². The minimum atomic E-state index is 0.551. The highest BCUT2D eigenvalue weighted by molar-refractivity contribution is 6.26. The quantitative estimate of drug-likeness (QED) is 0.153. The van der Waals surface area contributed by atoms with Crippen molar-refractivity contribution in [3.8, 4) is 78.9 Å². The fourth-order valence-corrected chi connectivity index (χ4v) is 10.0. The van der Waals surface area contributed by atoms with Gasteiger partial charge in [-0.15, -0.1) is 0 Å². The second-order valence-corrected chi connectivity index (χ2v) is 17.2. The Bertz CT molecular complexity index is 4000. The molecule has 3 aromatic heterocycles. The third-order valence-electron chi connectivity index (χ3n) is 13.2. The Kier molecular flexibility index (Phi) is 9.43. The van der Waals surface area contributed by atoms with Crippen LogP contribution in [0.5, 0.6) is 0 Å². The van der Waals surface area contributed by atoms with Crippen LogP contribution in [0.15, 0.2) is 249 Å². The number of hydrogen-bond donors (Lipinski definition) is 0. The molecule has 0 aliphatic rings. The van der Waals surface area contributed by atoms with E-state index in [1.165, 1.54) is 16.7 Å². The molecule has 68 heavy (non-hydrogen) atoms. The van der Waals surface area contributed by atoms with Crippen molar-refractivity contribution in [1.29, 1.82) is 0 Å². The molecule has 0 aliphatic carbocycles. The zero-order valence-electron chi connectivity index (χ0n) is 36.9. The predicted molar refractivity (Wildman–Crippen MR) is 281 cm³/mol. The van der Waals surface area contributed by atoms with Gasteiger partial charge in [0.25, 0.3) is 0 Å². The molecular formula is C63H41N5. The Morgan fingerprint density at radius 1 is 0.265 bits per heavy atom. The van der Waals surface area contributed by atoms with E-state index in [2.05, 4.69) is 252 Å². The van der Waals surface area contributed by atoms with Crippen LogP contribution >= 0.6 is 0 Å². The maximum absolute atomic E-state index is 5.45. The number of aromatic nitrogens is 5. The van der Waals surface area contributed by atoms with Gasteiger partial charge in [-0.1, -0.05) is 212 Å². The van der Waals surface area contributed by atoms with E-state index < -0.39 is 0 Å². The van der Waals surface area contributed by atoms with Crippen molar-refractivity contribution in [2.75, 3.05) is 0 Å². The Morgan fingerprint density at radius 2 is 0.735 bits per heavy atom. The molecule has 0 bridgehead atoms. The van der Waals surface area contributed by atoms with Gasteiger partial charge >= 0.3 is 0 Å². The van der Waals surface area contributed by atoms with E-state index in [0.29, 0.717) is 17.6 Å². The largest absolute Gasteiger partial charge is 0.309 e. The van der Waals surface area contributed by atoms with Crippen LogP contribution < -0.4 is 0 Å². The van der Waals surface area contributed by atoms with Gasteiger partial charge in [0.2, 0.25) is 5.95 Å². The summed E-state index contributed by atoms with van der Waals surface area (Å²) >= 11 is 0. The average molecular weight is 868 g/mol. The summed E-state index contributed by atoms with van der Waals surface area (Å²) in [6.45, 7) is 0. The van der Waals surface area contributed by atoms with Gasteiger partial charge in [-0.05, 0) is 75.3 Å². The normalized spacial score (nSPS) is 11.5. The third-order valence-corrected chi connectivity index (χ3v) is 13.2. The summed E-state index contributed by atoms with van der Waals surface area (Å²) in [6, 6.07) is 88.1. The molecule has 0 saturated carbocycles. The molecule has 0 amide bonds. The lowest BCUT2D eigenvalue weighted by atomic mass is 9.98. The first kappa shape index (κ1) is 39.2. The standard InChI is InChI=1S/C63H41N5/c1-4-18-42(19-5-1)47-24-16-25-48(40-47)44-34-36-46(37-35-44)61-64-62(50-27-17-26-49(41-50)43-20-6-2-7-21-43)66-63(65-61)68-56-32-14-11-29-52(56)53-38-39-58-59(60(53)68)54-30-12-15-33-57(54)67(58)55-31-13-10-28-51(55)45-22-8-3-9-23-45/h1-41H. The van der Waals surface area contributed by atoms with Crippen molar-refractivity contribution in [2.24, 2.45) is 0 Å². The number of nitrogens with zero attached hydrogens (tertiary/aromatic N) is 5. The number of benzene rings is 10. The third kappa shape index (κ3) is 6.68. The first-order valence-corrected chi connectivity index (χ1v) is 23.0. The van der Waals surface area contributed by atoms with Crippen molar-refractivity contribution in [3.05, 3.63) is 249 Å². The molecule has 0 atom stereocenters. The molecule has 3 heterocycles. The first-order chi connectivity index (χ1) is 33.7. The summed E-state index contributed by atoms with van der Waals surface area (Å²) in [6.07, 6.45) is 0. The molecule has 5 nitrogen and oxygen atoms in total. The van der Waals surface area contributed by atoms with Gasteiger partial charge in [0.05, 0.1) is 27.8 Å². The lowest BCUT2D eigenvalue weighted by Crippen LogP contribution is -2.06. The highest BCUT2D eigenvalue weighted by Gasteiger charge is 2.24. The van der Waals surface area contributed by atoms with Gasteiger partial charge in [0, 0.05) is 38.2 Å². The van der Waals surface area contributed by atoms with Gasteiger partial charge in [-0.2, -0.15) is 9.97 Å². The number of fused-ring (bicyclic) bond motifs is 7. The zero-order chi connectivity index (χ0) is 45.0. The highest BCUT2D eigenvalue weighted by atomic mass is 15.2. The van der Waals surface area contributed by atoms with Gasteiger partial charge in [-0.25, -0.2) is 4.98 Å². The summed E-state index contributed by atoms with van der Waals surface area (Å²) in [5.74, 6) is 1.74. The van der Waals surface area contributed by atoms with Crippen LogP contribution in [0, 0.1) is 0 Å². The maximum atomic E-state index is 5.45. The number of para-hydroxylation sites is 3. The van der Waals surface area contributed by atoms with E-state index in [1.54, 1.807) is 0 Å². The Labute approximate surface area is 393 Å². The van der Waals surface area contributed by atoms with Gasteiger partial charge in [0.1, 0.15) is 0 Å². The van der Waals surface area contributed by atoms with Crippen LogP contribution in [0.3, 0.4) is 0 Å². The molecule has 10 aromatic carbocycles. The van der Waals surface area contributed by atoms with Gasteiger partial charge in [0.15, 0.2) is 11.6 Å². The lowest BCUT2D eigenvalue weighted by Gasteiger charge is -2.14. The van der Waals surface area contributed by atoms with Crippen LogP contribution in [0.1, 0.15) is 0 Å². The van der Waals surface area contributed by atoms with Crippen molar-refractivity contribution >= 4 is 43.6 Å². The summed E-state index contributed by atoms with van der Waals surface area (Å²) in [7, 11) is 0. The molecule has 318 valence electrons. The highest BCUT2D eigenvalue weighted by Crippen LogP contribution is 2.43. The van der Waals surface area contributed by atoms with E-state index in [-0.39, 0.29) is 0 Å². The summed E-state index contributed by atoms with van der Waals surface area (Å²) in [4.78, 5) is 16.2. The van der Waals surface area contributed by atoms with Crippen LogP contribution in [-0.4, -0.2) is 24.1 Å². The zero-order valence-corrected chi connectivity index (χ0v) is 36.9. The molecule has 0 fully saturated rings. The first-order valence-electron chi connectivity index (χ1n) is 23.0. The molecule has 0 spiro atoms. The van der Waals surface area contributed by atoms with Crippen LogP contribution in [0.2, 0.25) is 0 Å². The fourth-order valence-electron chi connectivity index (χ4n) is 10.0. The van der Waals surface area contributed by atoms with Crippen molar-refractivity contribution < 1.29 is 0 Å². The maximum Gasteiger partial charge on any atom is 0.238 e. The van der Waals surface area contributed by atoms with Crippen molar-refractivity contribution in [2.45, 2.75) is 0 Å². The Morgan fingerprint density at radius 3 is 1.40 bits per heavy atom. The molecule has 0 radical (unpaired) electrons. The molecule has 13 aromatic rings. The second kappa shape index (κ2) is 16.4. The molecule has 0 aliphatic heterocycles. The second-order valence-electron chi connectivity index (χ2n) is 17.2. The summed E-state index contributed by atoms with van der Waals surface area (Å²) in [5.41, 5.74) is 16.4. The van der Waals surface area contributed by atoms with Crippen molar-refractivity contribution in [1.82, 2.24) is 24.1 Å². The monoisotopic (exact) mass is 867 g/mol. The predicted octanol–water partition coefficient (Wildman–Crippen LogP) is 16.1. The minimum absolute atomic E-state index is 0.551. The van der Waals surface area contributed by atoms with E-state index in [4.69, 9.17) is 15.0 Å². The summed E-state index contributed by atoms with van der Waals surface area (Å²) in [5, 5.41) is 4.54. The number of hydrogen-bond acceptors (Lipinski definition) is 3. The molecule has 0 N–H and O–H groups in total. The van der Waals surface area contributed by atoms with Gasteiger partial charge < -0.3 is 4.57 Å². The molecule has 0 saturated heterocycles. The summed E-state index contributed by atoms with van der Waals surface area (Å²) < 4.78 is 4.69. The van der Waals surface area contributed by atoms with Crippen LogP contribution in [0.25, 0.3) is 123 Å². The van der Waals surface area contributed by atoms with E-state index in [0.717, 1.165) is 88.2 Å². The molecule has 0 unspecified atom stereocenters. The molecule has 13 rings (SSSR count). The van der Waals surface area contributed by atoms with Crippen LogP contribution in [0.4, 0.5) is 0 Å².